The summed E-state index contributed by atoms with van der Waals surface area (Å²) in [5, 5.41) is 2.68. The highest BCUT2D eigenvalue weighted by atomic mass is 16.5. The number of aromatic nitrogens is 2. The molecule has 3 rings (SSSR count). The van der Waals surface area contributed by atoms with E-state index in [4.69, 9.17) is 4.74 Å². The van der Waals surface area contributed by atoms with Gasteiger partial charge in [-0.1, -0.05) is 6.07 Å². The molecule has 2 aromatic heterocycles. The third-order valence-electron chi connectivity index (χ3n) is 3.67. The van der Waals surface area contributed by atoms with Gasteiger partial charge in [0.25, 0.3) is 0 Å². The molecule has 0 unspecified atom stereocenters. The van der Waals surface area contributed by atoms with Crippen LogP contribution in [0.4, 0.5) is 10.6 Å². The zero-order valence-corrected chi connectivity index (χ0v) is 13.1. The van der Waals surface area contributed by atoms with Crippen LogP contribution in [0.5, 0.6) is 0 Å². The fraction of sp³-hybridized carbons (Fsp3) is 0.294. The molecular formula is C17H18N4O3. The van der Waals surface area contributed by atoms with Crippen LogP contribution in [-0.4, -0.2) is 28.5 Å². The van der Waals surface area contributed by atoms with Gasteiger partial charge in [-0.05, 0) is 36.2 Å². The van der Waals surface area contributed by atoms with Gasteiger partial charge in [-0.25, -0.2) is 9.78 Å². The first-order valence-electron chi connectivity index (χ1n) is 7.78. The van der Waals surface area contributed by atoms with Gasteiger partial charge in [0.1, 0.15) is 12.4 Å². The van der Waals surface area contributed by atoms with Crippen molar-refractivity contribution in [2.45, 2.75) is 26.0 Å². The van der Waals surface area contributed by atoms with E-state index in [2.05, 4.69) is 15.3 Å². The van der Waals surface area contributed by atoms with E-state index in [0.717, 1.165) is 12.0 Å². The summed E-state index contributed by atoms with van der Waals surface area (Å²) >= 11 is 0. The molecule has 0 saturated carbocycles. The molecular weight excluding hydrogens is 308 g/mol. The lowest BCUT2D eigenvalue weighted by molar-refractivity contribution is -0.117. The van der Waals surface area contributed by atoms with Crippen LogP contribution in [0, 0.1) is 0 Å². The number of carbonyl (C=O) groups is 2. The number of nitrogens with zero attached hydrogens (tertiary/aromatic N) is 3. The molecule has 7 nitrogen and oxygen atoms in total. The number of carbonyl (C=O) groups excluding carboxylic acids is 2. The minimum Gasteiger partial charge on any atom is -0.443 e. The summed E-state index contributed by atoms with van der Waals surface area (Å²) in [5.74, 6) is 0.709. The Balaban J connectivity index is 1.51. The lowest BCUT2D eigenvalue weighted by atomic mass is 10.2. The molecule has 1 fully saturated rings. The van der Waals surface area contributed by atoms with Crippen molar-refractivity contribution in [1.29, 1.82) is 0 Å². The monoisotopic (exact) mass is 326 g/mol. The van der Waals surface area contributed by atoms with Crippen molar-refractivity contribution in [2.75, 3.05) is 11.4 Å². The van der Waals surface area contributed by atoms with Crippen molar-refractivity contribution >= 4 is 17.8 Å². The third kappa shape index (κ3) is 4.07. The van der Waals surface area contributed by atoms with Gasteiger partial charge >= 0.3 is 6.09 Å². The second-order valence-electron chi connectivity index (χ2n) is 5.42. The van der Waals surface area contributed by atoms with E-state index in [-0.39, 0.29) is 12.5 Å². The standard InChI is InChI=1S/C17H18N4O3/c22-16-5-3-9-21(16)15-10-13(6-8-19-15)11-20-17(23)24-12-14-4-1-2-7-18-14/h1-2,4,6-8,10H,3,5,9,11-12H2,(H,20,23). The lowest BCUT2D eigenvalue weighted by Gasteiger charge is -2.15. The van der Waals surface area contributed by atoms with Crippen LogP contribution < -0.4 is 10.2 Å². The summed E-state index contributed by atoms with van der Waals surface area (Å²) in [6, 6.07) is 9.03. The molecule has 1 aliphatic rings. The van der Waals surface area contributed by atoms with Gasteiger partial charge < -0.3 is 10.1 Å². The highest BCUT2D eigenvalue weighted by molar-refractivity contribution is 5.94. The first-order chi connectivity index (χ1) is 11.7. The van der Waals surface area contributed by atoms with Crippen molar-refractivity contribution in [2.24, 2.45) is 0 Å². The Kier molecular flexibility index (Phi) is 5.00. The minimum atomic E-state index is -0.517. The number of alkyl carbamates (subject to hydrolysis) is 1. The number of hydrogen-bond donors (Lipinski definition) is 1. The van der Waals surface area contributed by atoms with Crippen molar-refractivity contribution in [3.05, 3.63) is 54.0 Å². The van der Waals surface area contributed by atoms with E-state index in [1.54, 1.807) is 35.5 Å². The van der Waals surface area contributed by atoms with Crippen LogP contribution >= 0.6 is 0 Å². The molecule has 1 saturated heterocycles. The first-order valence-corrected chi connectivity index (χ1v) is 7.78. The van der Waals surface area contributed by atoms with E-state index in [9.17, 15) is 9.59 Å². The molecule has 1 N–H and O–H groups in total. The Morgan fingerprint density at radius 3 is 2.92 bits per heavy atom. The number of amides is 2. The molecule has 0 spiro atoms. The number of rotatable bonds is 5. The van der Waals surface area contributed by atoms with Crippen molar-refractivity contribution in [1.82, 2.24) is 15.3 Å². The Bertz CT molecular complexity index is 721. The van der Waals surface area contributed by atoms with E-state index >= 15 is 0 Å². The van der Waals surface area contributed by atoms with Crippen molar-refractivity contribution in [3.63, 3.8) is 0 Å². The minimum absolute atomic E-state index is 0.0855. The van der Waals surface area contributed by atoms with Gasteiger partial charge in [0.2, 0.25) is 5.91 Å². The van der Waals surface area contributed by atoms with Crippen LogP contribution in [0.25, 0.3) is 0 Å². The largest absolute Gasteiger partial charge is 0.443 e. The molecule has 0 bridgehead atoms. The summed E-state index contributed by atoms with van der Waals surface area (Å²) in [6.45, 7) is 1.12. The number of ether oxygens (including phenoxy) is 1. The molecule has 0 atom stereocenters. The van der Waals surface area contributed by atoms with Crippen molar-refractivity contribution < 1.29 is 14.3 Å². The Morgan fingerprint density at radius 1 is 1.25 bits per heavy atom. The van der Waals surface area contributed by atoms with E-state index in [0.29, 0.717) is 31.0 Å². The van der Waals surface area contributed by atoms with Crippen LogP contribution in [0.2, 0.25) is 0 Å². The summed E-state index contributed by atoms with van der Waals surface area (Å²) < 4.78 is 5.10. The van der Waals surface area contributed by atoms with E-state index in [1.165, 1.54) is 0 Å². The lowest BCUT2D eigenvalue weighted by Crippen LogP contribution is -2.26. The van der Waals surface area contributed by atoms with Gasteiger partial charge in [0.05, 0.1) is 5.69 Å². The normalized spacial score (nSPS) is 13.8. The Morgan fingerprint density at radius 2 is 2.17 bits per heavy atom. The Labute approximate surface area is 139 Å². The molecule has 24 heavy (non-hydrogen) atoms. The van der Waals surface area contributed by atoms with Crippen LogP contribution in [-0.2, 0) is 22.7 Å². The molecule has 2 amide bonds. The SMILES string of the molecule is O=C(NCc1ccnc(N2CCCC2=O)c1)OCc1ccccn1. The highest BCUT2D eigenvalue weighted by Gasteiger charge is 2.22. The zero-order chi connectivity index (χ0) is 16.8. The maximum absolute atomic E-state index is 11.8. The van der Waals surface area contributed by atoms with E-state index in [1.807, 2.05) is 12.1 Å². The predicted octanol–water partition coefficient (Wildman–Crippen LogP) is 2.03. The fourth-order valence-electron chi connectivity index (χ4n) is 2.46. The third-order valence-corrected chi connectivity index (χ3v) is 3.67. The number of nitrogens with one attached hydrogen (secondary N) is 1. The second kappa shape index (κ2) is 7.54. The average molecular weight is 326 g/mol. The maximum atomic E-state index is 11.8. The van der Waals surface area contributed by atoms with Gasteiger partial charge in [-0.3, -0.25) is 14.7 Å². The van der Waals surface area contributed by atoms with Gasteiger partial charge in [-0.15, -0.1) is 0 Å². The summed E-state index contributed by atoms with van der Waals surface area (Å²) in [7, 11) is 0. The van der Waals surface area contributed by atoms with Crippen LogP contribution in [0.15, 0.2) is 42.7 Å². The summed E-state index contributed by atoms with van der Waals surface area (Å²) in [5.41, 5.74) is 1.54. The molecule has 0 aromatic carbocycles. The van der Waals surface area contributed by atoms with Gasteiger partial charge in [0.15, 0.2) is 0 Å². The molecule has 0 aliphatic carbocycles. The molecule has 7 heteroatoms. The predicted molar refractivity (Wildman–Crippen MR) is 87.1 cm³/mol. The summed E-state index contributed by atoms with van der Waals surface area (Å²) in [6.07, 6.45) is 4.18. The van der Waals surface area contributed by atoms with Crippen molar-refractivity contribution in [3.8, 4) is 0 Å². The number of anilines is 1. The molecule has 2 aromatic rings. The fourth-order valence-corrected chi connectivity index (χ4v) is 2.46. The van der Waals surface area contributed by atoms with Crippen LogP contribution in [0.1, 0.15) is 24.1 Å². The average Bonchev–Trinajstić information content (AvgIpc) is 3.05. The van der Waals surface area contributed by atoms with Gasteiger partial charge in [0, 0.05) is 31.9 Å². The van der Waals surface area contributed by atoms with Crippen LogP contribution in [0.3, 0.4) is 0 Å². The quantitative estimate of drug-likeness (QED) is 0.909. The molecule has 124 valence electrons. The number of pyridine rings is 2. The Hall–Kier alpha value is -2.96. The maximum Gasteiger partial charge on any atom is 0.407 e. The van der Waals surface area contributed by atoms with Gasteiger partial charge in [-0.2, -0.15) is 0 Å². The summed E-state index contributed by atoms with van der Waals surface area (Å²) in [4.78, 5) is 33.5. The van der Waals surface area contributed by atoms with E-state index < -0.39 is 6.09 Å². The zero-order valence-electron chi connectivity index (χ0n) is 13.1. The number of hydrogen-bond acceptors (Lipinski definition) is 5. The topological polar surface area (TPSA) is 84.4 Å². The molecule has 1 aliphatic heterocycles. The second-order valence-corrected chi connectivity index (χ2v) is 5.42. The molecule has 3 heterocycles. The molecule has 0 radical (unpaired) electrons. The smallest absolute Gasteiger partial charge is 0.407 e. The highest BCUT2D eigenvalue weighted by Crippen LogP contribution is 2.19. The first kappa shape index (κ1) is 15.9.